The largest absolute Gasteiger partial charge is 0.347 e. The molecular formula is C19H31N3O2. The highest BCUT2D eigenvalue weighted by atomic mass is 16.2. The van der Waals surface area contributed by atoms with E-state index in [1.165, 1.54) is 0 Å². The summed E-state index contributed by atoms with van der Waals surface area (Å²) < 4.78 is 0. The van der Waals surface area contributed by atoms with Gasteiger partial charge in [-0.2, -0.15) is 0 Å². The van der Waals surface area contributed by atoms with Crippen molar-refractivity contribution in [3.63, 3.8) is 0 Å². The number of nitrogens with one attached hydrogen (secondary N) is 2. The molecule has 0 aromatic heterocycles. The minimum atomic E-state index is -0.272. The third-order valence-corrected chi connectivity index (χ3v) is 3.37. The molecule has 0 aliphatic heterocycles. The highest BCUT2D eigenvalue weighted by Gasteiger charge is 2.15. The van der Waals surface area contributed by atoms with Crippen LogP contribution in [0.2, 0.25) is 0 Å². The van der Waals surface area contributed by atoms with Crippen molar-refractivity contribution < 1.29 is 9.59 Å². The molecule has 2 N–H and O–H groups in total. The maximum absolute atomic E-state index is 12.1. The first-order chi connectivity index (χ1) is 11.2. The van der Waals surface area contributed by atoms with E-state index in [1.54, 1.807) is 24.3 Å². The zero-order valence-electron chi connectivity index (χ0n) is 15.6. The second-order valence-electron chi connectivity index (χ2n) is 7.11. The van der Waals surface area contributed by atoms with E-state index < -0.39 is 0 Å². The molecule has 1 rings (SSSR count). The Morgan fingerprint density at radius 1 is 1.00 bits per heavy atom. The lowest BCUT2D eigenvalue weighted by atomic mass is 10.1. The zero-order chi connectivity index (χ0) is 18.2. The lowest BCUT2D eigenvalue weighted by Crippen LogP contribution is -2.40. The van der Waals surface area contributed by atoms with Gasteiger partial charge in [0.15, 0.2) is 0 Å². The van der Waals surface area contributed by atoms with E-state index in [2.05, 4.69) is 29.4 Å². The topological polar surface area (TPSA) is 61.4 Å². The first kappa shape index (κ1) is 20.2. The second kappa shape index (κ2) is 9.42. The number of rotatable bonds is 8. The van der Waals surface area contributed by atoms with E-state index in [0.717, 1.165) is 25.9 Å². The third kappa shape index (κ3) is 7.59. The van der Waals surface area contributed by atoms with Crippen molar-refractivity contribution in [3.05, 3.63) is 29.8 Å². The van der Waals surface area contributed by atoms with Crippen molar-refractivity contribution in [1.82, 2.24) is 10.2 Å². The molecule has 24 heavy (non-hydrogen) atoms. The van der Waals surface area contributed by atoms with E-state index >= 15 is 0 Å². The minimum absolute atomic E-state index is 0.0243. The van der Waals surface area contributed by atoms with Crippen LogP contribution in [0.4, 0.5) is 5.69 Å². The second-order valence-corrected chi connectivity index (χ2v) is 7.11. The summed E-state index contributed by atoms with van der Waals surface area (Å²) in [6.45, 7) is 12.3. The average Bonchev–Trinajstić information content (AvgIpc) is 2.46. The van der Waals surface area contributed by atoms with Crippen LogP contribution in [0, 0.1) is 0 Å². The summed E-state index contributed by atoms with van der Waals surface area (Å²) in [5, 5.41) is 5.81. The monoisotopic (exact) mass is 333 g/mol. The maximum atomic E-state index is 12.1. The van der Waals surface area contributed by atoms with Crippen LogP contribution in [0.5, 0.6) is 0 Å². The molecule has 0 bridgehead atoms. The van der Waals surface area contributed by atoms with E-state index in [0.29, 0.717) is 17.8 Å². The van der Waals surface area contributed by atoms with Crippen LogP contribution >= 0.6 is 0 Å². The highest BCUT2D eigenvalue weighted by molar-refractivity contribution is 5.96. The molecule has 0 atom stereocenters. The van der Waals surface area contributed by atoms with Crippen molar-refractivity contribution >= 4 is 17.5 Å². The van der Waals surface area contributed by atoms with Gasteiger partial charge in [-0.15, -0.1) is 0 Å². The number of carbonyl (C=O) groups excluding carboxylic acids is 2. The van der Waals surface area contributed by atoms with Gasteiger partial charge in [0.2, 0.25) is 5.91 Å². The summed E-state index contributed by atoms with van der Waals surface area (Å²) in [6, 6.07) is 6.98. The lowest BCUT2D eigenvalue weighted by Gasteiger charge is -2.21. The van der Waals surface area contributed by atoms with Crippen molar-refractivity contribution in [3.8, 4) is 0 Å². The van der Waals surface area contributed by atoms with Crippen molar-refractivity contribution in [2.75, 3.05) is 25.0 Å². The predicted octanol–water partition coefficient (Wildman–Crippen LogP) is 3.28. The average molecular weight is 333 g/mol. The van der Waals surface area contributed by atoms with Gasteiger partial charge < -0.3 is 10.6 Å². The van der Waals surface area contributed by atoms with Gasteiger partial charge in [0.25, 0.3) is 5.91 Å². The molecule has 0 aliphatic rings. The number of hydrogen-bond acceptors (Lipinski definition) is 3. The SMILES string of the molecule is CCCN(CCC)CC(=O)Nc1ccc(C(=O)NC(C)(C)C)cc1. The Hall–Kier alpha value is -1.88. The van der Waals surface area contributed by atoms with Gasteiger partial charge in [0.05, 0.1) is 6.54 Å². The summed E-state index contributed by atoms with van der Waals surface area (Å²) in [6.07, 6.45) is 2.07. The number of carbonyl (C=O) groups is 2. The summed E-state index contributed by atoms with van der Waals surface area (Å²) >= 11 is 0. The van der Waals surface area contributed by atoms with Crippen LogP contribution in [-0.4, -0.2) is 41.9 Å². The van der Waals surface area contributed by atoms with Gasteiger partial charge in [0.1, 0.15) is 0 Å². The molecule has 0 unspecified atom stereocenters. The maximum Gasteiger partial charge on any atom is 0.251 e. The normalized spacial score (nSPS) is 11.4. The fourth-order valence-electron chi connectivity index (χ4n) is 2.42. The molecule has 0 spiro atoms. The van der Waals surface area contributed by atoms with Gasteiger partial charge in [-0.05, 0) is 71.0 Å². The van der Waals surface area contributed by atoms with Crippen molar-refractivity contribution in [2.45, 2.75) is 53.0 Å². The minimum Gasteiger partial charge on any atom is -0.347 e. The number of amides is 2. The molecule has 5 nitrogen and oxygen atoms in total. The number of nitrogens with zero attached hydrogens (tertiary/aromatic N) is 1. The molecule has 1 aromatic carbocycles. The lowest BCUT2D eigenvalue weighted by molar-refractivity contribution is -0.117. The van der Waals surface area contributed by atoms with Crippen LogP contribution in [0.25, 0.3) is 0 Å². The molecular weight excluding hydrogens is 302 g/mol. The van der Waals surface area contributed by atoms with E-state index in [9.17, 15) is 9.59 Å². The van der Waals surface area contributed by atoms with Crippen LogP contribution in [0.1, 0.15) is 57.8 Å². The predicted molar refractivity (Wildman–Crippen MR) is 99.3 cm³/mol. The van der Waals surface area contributed by atoms with Crippen LogP contribution in [-0.2, 0) is 4.79 Å². The van der Waals surface area contributed by atoms with Crippen LogP contribution < -0.4 is 10.6 Å². The first-order valence-corrected chi connectivity index (χ1v) is 8.70. The van der Waals surface area contributed by atoms with Crippen molar-refractivity contribution in [2.24, 2.45) is 0 Å². The molecule has 5 heteroatoms. The summed E-state index contributed by atoms with van der Waals surface area (Å²) in [4.78, 5) is 26.4. The quantitative estimate of drug-likeness (QED) is 0.767. The molecule has 0 radical (unpaired) electrons. The van der Waals surface area contributed by atoms with Gasteiger partial charge in [0, 0.05) is 16.8 Å². The number of benzene rings is 1. The fraction of sp³-hybridized carbons (Fsp3) is 0.579. The fourth-order valence-corrected chi connectivity index (χ4v) is 2.42. The molecule has 2 amide bonds. The zero-order valence-corrected chi connectivity index (χ0v) is 15.6. The van der Waals surface area contributed by atoms with Gasteiger partial charge >= 0.3 is 0 Å². The Bertz CT molecular complexity index is 527. The number of anilines is 1. The van der Waals surface area contributed by atoms with Crippen molar-refractivity contribution in [1.29, 1.82) is 0 Å². The Balaban J connectivity index is 2.60. The Morgan fingerprint density at radius 3 is 2.00 bits per heavy atom. The third-order valence-electron chi connectivity index (χ3n) is 3.37. The molecule has 0 saturated carbocycles. The smallest absolute Gasteiger partial charge is 0.251 e. The first-order valence-electron chi connectivity index (χ1n) is 8.70. The Morgan fingerprint density at radius 2 is 1.54 bits per heavy atom. The molecule has 0 aliphatic carbocycles. The van der Waals surface area contributed by atoms with E-state index in [-0.39, 0.29) is 17.4 Å². The van der Waals surface area contributed by atoms with Gasteiger partial charge in [-0.1, -0.05) is 13.8 Å². The van der Waals surface area contributed by atoms with E-state index in [1.807, 2.05) is 20.8 Å². The standard InChI is InChI=1S/C19H31N3O2/c1-6-12-22(13-7-2)14-17(23)20-16-10-8-15(9-11-16)18(24)21-19(3,4)5/h8-11H,6-7,12-14H2,1-5H3,(H,20,23)(H,21,24). The summed E-state index contributed by atoms with van der Waals surface area (Å²) in [5.41, 5.74) is 1.02. The molecule has 134 valence electrons. The van der Waals surface area contributed by atoms with Crippen LogP contribution in [0.15, 0.2) is 24.3 Å². The summed E-state index contributed by atoms with van der Waals surface area (Å²) in [5.74, 6) is -0.138. The molecule has 0 fully saturated rings. The van der Waals surface area contributed by atoms with Gasteiger partial charge in [-0.25, -0.2) is 0 Å². The van der Waals surface area contributed by atoms with Crippen LogP contribution in [0.3, 0.4) is 0 Å². The number of hydrogen-bond donors (Lipinski definition) is 2. The molecule has 1 aromatic rings. The van der Waals surface area contributed by atoms with E-state index in [4.69, 9.17) is 0 Å². The highest BCUT2D eigenvalue weighted by Crippen LogP contribution is 2.11. The summed E-state index contributed by atoms with van der Waals surface area (Å²) in [7, 11) is 0. The Labute approximate surface area is 145 Å². The van der Waals surface area contributed by atoms with Gasteiger partial charge in [-0.3, -0.25) is 14.5 Å². The molecule has 0 heterocycles. The Kier molecular flexibility index (Phi) is 7.92. The molecule has 0 saturated heterocycles.